The summed E-state index contributed by atoms with van der Waals surface area (Å²) in [6.45, 7) is 3.71. The number of aryl methyl sites for hydroxylation is 1. The Morgan fingerprint density at radius 3 is 2.57 bits per heavy atom. The minimum atomic E-state index is 0.200. The number of hydrogen-bond acceptors (Lipinski definition) is 1. The van der Waals surface area contributed by atoms with Crippen molar-refractivity contribution >= 4 is 17.4 Å². The lowest BCUT2D eigenvalue weighted by atomic mass is 10.0. The average Bonchev–Trinajstić information content (AvgIpc) is 2.16. The van der Waals surface area contributed by atoms with Crippen LogP contribution in [0.3, 0.4) is 0 Å². The molecule has 1 aromatic carbocycles. The molecule has 76 valence electrons. The van der Waals surface area contributed by atoms with Crippen molar-refractivity contribution in [3.8, 4) is 0 Å². The number of alkyl halides is 1. The normalized spacial score (nSPS) is 10.2. The smallest absolute Gasteiger partial charge is 0.134 e. The van der Waals surface area contributed by atoms with E-state index in [0.29, 0.717) is 12.3 Å². The monoisotopic (exact) mass is 210 g/mol. The van der Waals surface area contributed by atoms with E-state index >= 15 is 0 Å². The van der Waals surface area contributed by atoms with Crippen molar-refractivity contribution in [1.82, 2.24) is 0 Å². The third kappa shape index (κ3) is 2.85. The van der Waals surface area contributed by atoms with Gasteiger partial charge in [0.2, 0.25) is 0 Å². The minimum Gasteiger partial charge on any atom is -0.300 e. The van der Waals surface area contributed by atoms with E-state index in [2.05, 4.69) is 13.0 Å². The second kappa shape index (κ2) is 5.16. The first-order valence-electron chi connectivity index (χ1n) is 4.83. The molecule has 14 heavy (non-hydrogen) atoms. The van der Waals surface area contributed by atoms with Gasteiger partial charge in [-0.25, -0.2) is 0 Å². The Balaban J connectivity index is 2.95. The molecule has 1 aromatic rings. The first-order valence-corrected chi connectivity index (χ1v) is 5.37. The Labute approximate surface area is 90.1 Å². The van der Waals surface area contributed by atoms with Crippen LogP contribution in [0.4, 0.5) is 0 Å². The maximum absolute atomic E-state index is 10.9. The SMILES string of the molecule is CCc1cc(CC(C)=O)ccc1CCl. The third-order valence-electron chi connectivity index (χ3n) is 2.25. The van der Waals surface area contributed by atoms with Crippen molar-refractivity contribution < 1.29 is 4.79 Å². The number of carbonyl (C=O) groups excluding carboxylic acids is 1. The van der Waals surface area contributed by atoms with Crippen LogP contribution in [0.5, 0.6) is 0 Å². The lowest BCUT2D eigenvalue weighted by molar-refractivity contribution is -0.116. The van der Waals surface area contributed by atoms with Gasteiger partial charge < -0.3 is 0 Å². The fourth-order valence-corrected chi connectivity index (χ4v) is 1.80. The molecule has 0 aliphatic rings. The van der Waals surface area contributed by atoms with Gasteiger partial charge >= 0.3 is 0 Å². The van der Waals surface area contributed by atoms with Gasteiger partial charge in [0, 0.05) is 12.3 Å². The van der Waals surface area contributed by atoms with Crippen LogP contribution in [-0.2, 0) is 23.5 Å². The second-order valence-corrected chi connectivity index (χ2v) is 3.74. The Kier molecular flexibility index (Phi) is 4.15. The number of hydrogen-bond donors (Lipinski definition) is 0. The fraction of sp³-hybridized carbons (Fsp3) is 0.417. The van der Waals surface area contributed by atoms with Crippen LogP contribution in [0.25, 0.3) is 0 Å². The fourth-order valence-electron chi connectivity index (χ4n) is 1.54. The van der Waals surface area contributed by atoms with Gasteiger partial charge in [-0.1, -0.05) is 25.1 Å². The number of rotatable bonds is 4. The van der Waals surface area contributed by atoms with Gasteiger partial charge in [0.05, 0.1) is 0 Å². The molecule has 0 aliphatic carbocycles. The maximum atomic E-state index is 10.9. The van der Waals surface area contributed by atoms with E-state index in [-0.39, 0.29) is 5.78 Å². The molecule has 0 aromatic heterocycles. The van der Waals surface area contributed by atoms with Crippen LogP contribution >= 0.6 is 11.6 Å². The molecule has 0 saturated heterocycles. The van der Waals surface area contributed by atoms with Gasteiger partial charge in [0.25, 0.3) is 0 Å². The predicted octanol–water partition coefficient (Wildman–Crippen LogP) is 3.12. The summed E-state index contributed by atoms with van der Waals surface area (Å²) in [4.78, 5) is 10.9. The molecule has 1 nitrogen and oxygen atoms in total. The predicted molar refractivity (Wildman–Crippen MR) is 59.8 cm³/mol. The summed E-state index contributed by atoms with van der Waals surface area (Å²) in [7, 11) is 0. The topological polar surface area (TPSA) is 17.1 Å². The number of benzene rings is 1. The zero-order valence-electron chi connectivity index (χ0n) is 8.64. The number of Topliss-reactive ketones (excluding diaryl/α,β-unsaturated/α-hetero) is 1. The van der Waals surface area contributed by atoms with Gasteiger partial charge in [0.1, 0.15) is 5.78 Å². The Bertz CT molecular complexity index is 331. The van der Waals surface area contributed by atoms with E-state index < -0.39 is 0 Å². The summed E-state index contributed by atoms with van der Waals surface area (Å²) in [6, 6.07) is 6.08. The standard InChI is InChI=1S/C12H15ClO/c1-3-11-7-10(6-9(2)14)4-5-12(11)8-13/h4-5,7H,3,6,8H2,1-2H3. The number of halogens is 1. The Morgan fingerprint density at radius 1 is 1.36 bits per heavy atom. The lowest BCUT2D eigenvalue weighted by Gasteiger charge is -2.07. The Hall–Kier alpha value is -0.820. The molecule has 0 heterocycles. The van der Waals surface area contributed by atoms with Gasteiger partial charge in [-0.15, -0.1) is 11.6 Å². The van der Waals surface area contributed by atoms with Crippen molar-refractivity contribution in [3.05, 3.63) is 34.9 Å². The molecule has 0 fully saturated rings. The van der Waals surface area contributed by atoms with E-state index in [0.717, 1.165) is 12.0 Å². The van der Waals surface area contributed by atoms with Crippen LogP contribution < -0.4 is 0 Å². The van der Waals surface area contributed by atoms with Crippen molar-refractivity contribution in [2.45, 2.75) is 32.6 Å². The van der Waals surface area contributed by atoms with Crippen molar-refractivity contribution in [3.63, 3.8) is 0 Å². The number of ketones is 1. The molecular formula is C12H15ClO. The van der Waals surface area contributed by atoms with E-state index in [4.69, 9.17) is 11.6 Å². The lowest BCUT2D eigenvalue weighted by Crippen LogP contribution is -1.99. The van der Waals surface area contributed by atoms with Crippen LogP contribution in [0.15, 0.2) is 18.2 Å². The summed E-state index contributed by atoms with van der Waals surface area (Å²) in [5, 5.41) is 0. The highest BCUT2D eigenvalue weighted by Gasteiger charge is 2.03. The van der Waals surface area contributed by atoms with Crippen molar-refractivity contribution in [2.75, 3.05) is 0 Å². The quantitative estimate of drug-likeness (QED) is 0.698. The molecule has 2 heteroatoms. The molecule has 0 unspecified atom stereocenters. The molecule has 0 saturated carbocycles. The van der Waals surface area contributed by atoms with Crippen LogP contribution in [0.2, 0.25) is 0 Å². The molecule has 0 amide bonds. The molecule has 1 rings (SSSR count). The average molecular weight is 211 g/mol. The molecule has 0 N–H and O–H groups in total. The number of carbonyl (C=O) groups is 1. The highest BCUT2D eigenvalue weighted by molar-refractivity contribution is 6.17. The molecule has 0 radical (unpaired) electrons. The Morgan fingerprint density at radius 2 is 2.07 bits per heavy atom. The molecule has 0 spiro atoms. The van der Waals surface area contributed by atoms with Crippen molar-refractivity contribution in [2.24, 2.45) is 0 Å². The van der Waals surface area contributed by atoms with E-state index in [1.54, 1.807) is 6.92 Å². The van der Waals surface area contributed by atoms with Gasteiger partial charge in [-0.2, -0.15) is 0 Å². The largest absolute Gasteiger partial charge is 0.300 e. The maximum Gasteiger partial charge on any atom is 0.134 e. The van der Waals surface area contributed by atoms with Crippen molar-refractivity contribution in [1.29, 1.82) is 0 Å². The molecule has 0 bridgehead atoms. The molecule has 0 aliphatic heterocycles. The second-order valence-electron chi connectivity index (χ2n) is 3.47. The first-order chi connectivity index (χ1) is 6.67. The summed E-state index contributed by atoms with van der Waals surface area (Å²) in [6.07, 6.45) is 1.49. The highest BCUT2D eigenvalue weighted by atomic mass is 35.5. The summed E-state index contributed by atoms with van der Waals surface area (Å²) in [5.41, 5.74) is 3.50. The highest BCUT2D eigenvalue weighted by Crippen LogP contribution is 2.15. The molecular weight excluding hydrogens is 196 g/mol. The summed E-state index contributed by atoms with van der Waals surface area (Å²) in [5.74, 6) is 0.745. The van der Waals surface area contributed by atoms with Gasteiger partial charge in [-0.05, 0) is 30.0 Å². The first kappa shape index (κ1) is 11.3. The summed E-state index contributed by atoms with van der Waals surface area (Å²) < 4.78 is 0. The van der Waals surface area contributed by atoms with Gasteiger partial charge in [-0.3, -0.25) is 4.79 Å². The van der Waals surface area contributed by atoms with Crippen LogP contribution in [0.1, 0.15) is 30.5 Å². The van der Waals surface area contributed by atoms with E-state index in [1.165, 1.54) is 11.1 Å². The van der Waals surface area contributed by atoms with Gasteiger partial charge in [0.15, 0.2) is 0 Å². The third-order valence-corrected chi connectivity index (χ3v) is 2.54. The van der Waals surface area contributed by atoms with Crippen LogP contribution in [-0.4, -0.2) is 5.78 Å². The zero-order valence-corrected chi connectivity index (χ0v) is 9.40. The molecule has 0 atom stereocenters. The van der Waals surface area contributed by atoms with E-state index in [9.17, 15) is 4.79 Å². The van der Waals surface area contributed by atoms with E-state index in [1.807, 2.05) is 12.1 Å². The van der Waals surface area contributed by atoms with Crippen LogP contribution in [0, 0.1) is 0 Å². The summed E-state index contributed by atoms with van der Waals surface area (Å²) >= 11 is 5.80. The minimum absolute atomic E-state index is 0.200. The zero-order chi connectivity index (χ0) is 10.6.